The number of pyridine rings is 2. The van der Waals surface area contributed by atoms with Crippen LogP contribution in [0.15, 0.2) is 68.6 Å². The first-order chi connectivity index (χ1) is 25.7. The highest BCUT2D eigenvalue weighted by molar-refractivity contribution is 14.0. The number of carbonyl (C=O) groups is 2. The van der Waals surface area contributed by atoms with Crippen LogP contribution in [-0.4, -0.2) is 116 Å². The summed E-state index contributed by atoms with van der Waals surface area (Å²) in [6, 6.07) is 6.48. The summed E-state index contributed by atoms with van der Waals surface area (Å²) in [6.07, 6.45) is 2.80. The van der Waals surface area contributed by atoms with E-state index >= 15 is 0 Å². The fraction of sp³-hybridized carbons (Fsp3) is 0.286. The largest absolute Gasteiger partial charge is 0.481 e. The highest BCUT2D eigenvalue weighted by Crippen LogP contribution is 2.21. The molecule has 0 spiro atoms. The number of nitrogens with one attached hydrogen (secondary N) is 2. The number of aromatic nitrogens is 6. The van der Waals surface area contributed by atoms with Crippen molar-refractivity contribution in [2.45, 2.75) is 33.7 Å². The van der Waals surface area contributed by atoms with Gasteiger partial charge in [-0.05, 0) is 24.3 Å². The Balaban J connectivity index is 0.000000469. The molecule has 4 N–H and O–H groups in total. The van der Waals surface area contributed by atoms with Gasteiger partial charge in [-0.2, -0.15) is 28.4 Å². The van der Waals surface area contributed by atoms with E-state index in [1.165, 1.54) is 78.8 Å². The van der Waals surface area contributed by atoms with E-state index in [2.05, 4.69) is 35.2 Å². The molecule has 56 heavy (non-hydrogen) atoms. The minimum Gasteiger partial charge on any atom is -0.481 e. The number of ether oxygens (including phenoxy) is 4. The molecule has 0 atom stereocenters. The molecule has 4 aromatic rings. The van der Waals surface area contributed by atoms with Crippen LogP contribution in [-0.2, 0) is 39.7 Å². The minimum absolute atomic E-state index is 0. The lowest BCUT2D eigenvalue weighted by molar-refractivity contribution is 0.111. The summed E-state index contributed by atoms with van der Waals surface area (Å²) in [7, 11) is -10.7. The zero-order chi connectivity index (χ0) is 41.6. The number of aldehydes is 1. The molecule has 0 bridgehead atoms. The van der Waals surface area contributed by atoms with Gasteiger partial charge in [-0.3, -0.25) is 10.1 Å². The van der Waals surface area contributed by atoms with E-state index in [0.29, 0.717) is 18.0 Å². The highest BCUT2D eigenvalue weighted by atomic mass is 127. The fourth-order valence-corrected chi connectivity index (χ4v) is 8.35. The van der Waals surface area contributed by atoms with Crippen molar-refractivity contribution in [1.29, 1.82) is 0 Å². The first-order valence-electron chi connectivity index (χ1n) is 14.8. The van der Waals surface area contributed by atoms with Gasteiger partial charge in [0, 0.05) is 12.4 Å². The molecule has 0 saturated heterocycles. The topological polar surface area (TPSA) is 335 Å². The molecule has 0 aliphatic heterocycles. The molecule has 0 unspecified atom stereocenters. The smallest absolute Gasteiger partial charge is 0.335 e. The number of carbonyl (C=O) groups excluding carboxylic acids is 2. The Morgan fingerprint density at radius 2 is 1.09 bits per heavy atom. The van der Waals surface area contributed by atoms with Gasteiger partial charge in [-0.1, -0.05) is 13.8 Å². The maximum atomic E-state index is 12.5. The SMILES string of the molecule is CCS(=O)(=O)c1cccnc1S(=O)(=O)NC(=O)Nc1nc(OC)cc(OC)n1.CCS(=O)(=O)c1cccnc1S(N)(=O)=O.COc1cc(OC)nc(C=O)n1.I. The molecule has 0 fully saturated rings. The van der Waals surface area contributed by atoms with Crippen molar-refractivity contribution < 1.29 is 62.2 Å². The van der Waals surface area contributed by atoms with Crippen molar-refractivity contribution in [3.05, 3.63) is 54.6 Å². The Hall–Kier alpha value is -4.91. The summed E-state index contributed by atoms with van der Waals surface area (Å²) in [5.41, 5.74) is 0. The Labute approximate surface area is 339 Å². The second-order valence-corrected chi connectivity index (χ2v) is 17.3. The molecule has 0 saturated carbocycles. The van der Waals surface area contributed by atoms with E-state index < -0.39 is 60.7 Å². The molecular weight excluding hydrogens is 942 g/mol. The molecule has 308 valence electrons. The lowest BCUT2D eigenvalue weighted by Gasteiger charge is -2.11. The number of nitrogens with two attached hydrogens (primary N) is 1. The summed E-state index contributed by atoms with van der Waals surface area (Å²) < 4.78 is 115. The van der Waals surface area contributed by atoms with E-state index in [0.717, 1.165) is 12.3 Å². The summed E-state index contributed by atoms with van der Waals surface area (Å²) in [5.74, 6) is -0.0611. The van der Waals surface area contributed by atoms with Crippen molar-refractivity contribution in [2.24, 2.45) is 5.14 Å². The number of sulfonamides is 2. The number of halogens is 1. The van der Waals surface area contributed by atoms with Gasteiger partial charge in [0.2, 0.25) is 29.5 Å². The normalized spacial score (nSPS) is 11.1. The molecular formula is C28H36IN9O14S4. The fourth-order valence-electron chi connectivity index (χ4n) is 3.60. The van der Waals surface area contributed by atoms with Crippen molar-refractivity contribution in [2.75, 3.05) is 45.3 Å². The van der Waals surface area contributed by atoms with Crippen LogP contribution < -0.4 is 34.1 Å². The molecule has 28 heteroatoms. The van der Waals surface area contributed by atoms with Crippen molar-refractivity contribution in [3.8, 4) is 23.5 Å². The van der Waals surface area contributed by atoms with Crippen molar-refractivity contribution in [1.82, 2.24) is 34.6 Å². The molecule has 4 aromatic heterocycles. The third-order valence-corrected chi connectivity index (χ3v) is 12.1. The van der Waals surface area contributed by atoms with Crippen LogP contribution in [0, 0.1) is 0 Å². The number of primary sulfonamides is 1. The molecule has 0 aromatic carbocycles. The van der Waals surface area contributed by atoms with Crippen molar-refractivity contribution in [3.63, 3.8) is 0 Å². The van der Waals surface area contributed by atoms with Gasteiger partial charge >= 0.3 is 6.03 Å². The Morgan fingerprint density at radius 3 is 1.46 bits per heavy atom. The Morgan fingerprint density at radius 1 is 0.696 bits per heavy atom. The molecule has 0 radical (unpaired) electrons. The van der Waals surface area contributed by atoms with E-state index in [1.807, 2.05) is 0 Å². The predicted octanol–water partition coefficient (Wildman–Crippen LogP) is 0.640. The van der Waals surface area contributed by atoms with Crippen LogP contribution >= 0.6 is 24.0 Å². The highest BCUT2D eigenvalue weighted by Gasteiger charge is 2.29. The maximum absolute atomic E-state index is 12.5. The Kier molecular flexibility index (Phi) is 18.8. The number of urea groups is 1. The molecule has 23 nitrogen and oxygen atoms in total. The van der Waals surface area contributed by atoms with Gasteiger partial charge < -0.3 is 18.9 Å². The number of methoxy groups -OCH3 is 4. The minimum atomic E-state index is -4.61. The third-order valence-electron chi connectivity index (χ3n) is 6.20. The molecule has 4 heterocycles. The lowest BCUT2D eigenvalue weighted by atomic mass is 10.5. The van der Waals surface area contributed by atoms with Crippen LogP contribution in [0.5, 0.6) is 23.5 Å². The number of anilines is 1. The van der Waals surface area contributed by atoms with E-state index in [1.54, 1.807) is 4.72 Å². The Bertz CT molecular complexity index is 2400. The van der Waals surface area contributed by atoms with Crippen LogP contribution in [0.4, 0.5) is 10.7 Å². The summed E-state index contributed by atoms with van der Waals surface area (Å²) in [6.45, 7) is 2.77. The number of hydrogen-bond acceptors (Lipinski definition) is 20. The average Bonchev–Trinajstić information content (AvgIpc) is 3.17. The summed E-state index contributed by atoms with van der Waals surface area (Å²) in [5, 5.41) is 5.55. The molecule has 2 amide bonds. The molecule has 0 aliphatic rings. The zero-order valence-corrected chi connectivity index (χ0v) is 35.7. The predicted molar refractivity (Wildman–Crippen MR) is 206 cm³/mol. The van der Waals surface area contributed by atoms with Crippen LogP contribution in [0.1, 0.15) is 24.5 Å². The van der Waals surface area contributed by atoms with Crippen LogP contribution in [0.3, 0.4) is 0 Å². The van der Waals surface area contributed by atoms with E-state index in [4.69, 9.17) is 24.1 Å². The van der Waals surface area contributed by atoms with Gasteiger partial charge in [-0.25, -0.2) is 49.9 Å². The maximum Gasteiger partial charge on any atom is 0.335 e. The van der Waals surface area contributed by atoms with E-state index in [-0.39, 0.29) is 63.9 Å². The molecule has 0 aliphatic carbocycles. The van der Waals surface area contributed by atoms with Gasteiger partial charge in [0.25, 0.3) is 20.0 Å². The second kappa shape index (κ2) is 21.4. The average molecular weight is 978 g/mol. The van der Waals surface area contributed by atoms with Crippen LogP contribution in [0.2, 0.25) is 0 Å². The number of sulfone groups is 2. The first-order valence-corrected chi connectivity index (χ1v) is 21.2. The number of rotatable bonds is 13. The van der Waals surface area contributed by atoms with Gasteiger partial charge in [0.05, 0.1) is 52.1 Å². The number of amides is 2. The first kappa shape index (κ1) is 49.1. The van der Waals surface area contributed by atoms with E-state index in [9.17, 15) is 43.3 Å². The second-order valence-electron chi connectivity index (χ2n) is 9.73. The monoisotopic (exact) mass is 977 g/mol. The summed E-state index contributed by atoms with van der Waals surface area (Å²) >= 11 is 0. The van der Waals surface area contributed by atoms with Crippen LogP contribution in [0.25, 0.3) is 0 Å². The quantitative estimate of drug-likeness (QED) is 0.122. The standard InChI is InChI=1S/C14H17N5O7S2.C7H10N2O4S2.C7H8N2O3.HI/c1-4-27(21,22)9-6-5-7-15-12(9)28(23,24)19-14(20)18-13-16-10(25-2)8-11(17-13)26-3;1-2-14(10,11)6-4-3-5-9-7(6)15(8,12)13;1-11-6-3-7(12-2)9-5(4-10)8-6;/h5-8H,4H2,1-3H3,(H2,16,17,18,19,20);3-5H,2H2,1H3,(H2,8,12,13);3-4H,1-2H3;1H. The molecule has 4 rings (SSSR count). The van der Waals surface area contributed by atoms with Crippen molar-refractivity contribution >= 4 is 82.0 Å². The third kappa shape index (κ3) is 14.0. The van der Waals surface area contributed by atoms with Gasteiger partial charge in [-0.15, -0.1) is 24.0 Å². The lowest BCUT2D eigenvalue weighted by Crippen LogP contribution is -2.36. The zero-order valence-electron chi connectivity index (χ0n) is 30.1. The van der Waals surface area contributed by atoms with Gasteiger partial charge in [0.15, 0.2) is 41.8 Å². The number of hydrogen-bond donors (Lipinski definition) is 3. The summed E-state index contributed by atoms with van der Waals surface area (Å²) in [4.78, 5) is 43.7. The number of nitrogens with zero attached hydrogens (tertiary/aromatic N) is 6. The van der Waals surface area contributed by atoms with Gasteiger partial charge in [0.1, 0.15) is 9.79 Å².